The summed E-state index contributed by atoms with van der Waals surface area (Å²) in [6.45, 7) is 2.37. The Morgan fingerprint density at radius 2 is 1.94 bits per heavy atom. The molecule has 6 N–H and O–H groups in total. The number of rotatable bonds is 9. The third kappa shape index (κ3) is 5.80. The van der Waals surface area contributed by atoms with Gasteiger partial charge in [0, 0.05) is 24.5 Å². The number of pyridine rings is 3. The molecule has 0 unspecified atom stereocenters. The second-order valence-electron chi connectivity index (χ2n) is 9.17. The lowest BCUT2D eigenvalue weighted by Crippen LogP contribution is -2.42. The van der Waals surface area contributed by atoms with Crippen LogP contribution in [0.2, 0.25) is 0 Å². The highest BCUT2D eigenvalue weighted by Gasteiger charge is 2.27. The van der Waals surface area contributed by atoms with Crippen molar-refractivity contribution in [1.82, 2.24) is 20.3 Å². The number of nitrogens with two attached hydrogens (primary N) is 1. The van der Waals surface area contributed by atoms with Crippen molar-refractivity contribution in [3.63, 3.8) is 0 Å². The van der Waals surface area contributed by atoms with Crippen molar-refractivity contribution in [3.05, 3.63) is 47.8 Å². The number of anilines is 3. The van der Waals surface area contributed by atoms with Crippen molar-refractivity contribution in [1.29, 1.82) is 0 Å². The van der Waals surface area contributed by atoms with Crippen LogP contribution in [0.15, 0.2) is 36.7 Å². The maximum Gasteiger partial charge on any atom is 0.255 e. The third-order valence-electron chi connectivity index (χ3n) is 5.90. The Morgan fingerprint density at radius 3 is 2.60 bits per heavy atom. The van der Waals surface area contributed by atoms with Gasteiger partial charge < -0.3 is 26.8 Å². The first-order valence-corrected chi connectivity index (χ1v) is 11.3. The average Bonchev–Trinajstić information content (AvgIpc) is 2.78. The number of amides is 2. The highest BCUT2D eigenvalue weighted by Crippen LogP contribution is 2.28. The Kier molecular flexibility index (Phi) is 6.79. The van der Waals surface area contributed by atoms with Crippen LogP contribution in [0.3, 0.4) is 0 Å². The number of fused-ring (bicyclic) bond motifs is 1. The van der Waals surface area contributed by atoms with Crippen molar-refractivity contribution >= 4 is 40.2 Å². The van der Waals surface area contributed by atoms with Crippen LogP contribution >= 0.6 is 0 Å². The van der Waals surface area contributed by atoms with Crippen LogP contribution < -0.4 is 21.7 Å². The predicted octanol–water partition coefficient (Wildman–Crippen LogP) is 2.67. The number of halogens is 1. The minimum absolute atomic E-state index is 0.235. The Labute approximate surface area is 201 Å². The number of carbonyl (C=O) groups is 2. The molecule has 10 nitrogen and oxygen atoms in total. The molecule has 0 spiro atoms. The lowest BCUT2D eigenvalue weighted by atomic mass is 9.92. The molecule has 3 aromatic heterocycles. The van der Waals surface area contributed by atoms with E-state index in [1.807, 2.05) is 0 Å². The number of nitrogens with zero attached hydrogens (tertiary/aromatic N) is 3. The van der Waals surface area contributed by atoms with Gasteiger partial charge in [-0.1, -0.05) is 0 Å². The van der Waals surface area contributed by atoms with Crippen LogP contribution in [-0.2, 0) is 0 Å². The molecule has 3 heterocycles. The topological polar surface area (TPSA) is 155 Å². The molecule has 0 bridgehead atoms. The Morgan fingerprint density at radius 1 is 1.17 bits per heavy atom. The zero-order chi connectivity index (χ0) is 25.2. The van der Waals surface area contributed by atoms with E-state index in [-0.39, 0.29) is 23.7 Å². The summed E-state index contributed by atoms with van der Waals surface area (Å²) >= 11 is 0. The van der Waals surface area contributed by atoms with Crippen molar-refractivity contribution in [2.45, 2.75) is 50.9 Å². The first kappa shape index (κ1) is 24.3. The molecule has 1 aliphatic rings. The Balaban J connectivity index is 1.56. The fourth-order valence-corrected chi connectivity index (χ4v) is 3.47. The van der Waals surface area contributed by atoms with E-state index >= 15 is 0 Å². The van der Waals surface area contributed by atoms with Gasteiger partial charge in [0.1, 0.15) is 17.8 Å². The maximum absolute atomic E-state index is 14.1. The van der Waals surface area contributed by atoms with Crippen LogP contribution in [0.4, 0.5) is 21.7 Å². The normalized spacial score (nSPS) is 14.7. The number of primary amides is 1. The third-order valence-corrected chi connectivity index (χ3v) is 5.90. The number of aromatic nitrogens is 3. The van der Waals surface area contributed by atoms with Gasteiger partial charge in [-0.3, -0.25) is 14.6 Å². The molecule has 1 fully saturated rings. The summed E-state index contributed by atoms with van der Waals surface area (Å²) < 4.78 is 14.1. The van der Waals surface area contributed by atoms with Crippen molar-refractivity contribution in [2.24, 2.45) is 5.73 Å². The minimum Gasteiger partial charge on any atom is -0.387 e. The van der Waals surface area contributed by atoms with Crippen LogP contribution in [0.1, 0.15) is 53.8 Å². The highest BCUT2D eigenvalue weighted by molar-refractivity contribution is 6.00. The fourth-order valence-electron chi connectivity index (χ4n) is 3.47. The van der Waals surface area contributed by atoms with Crippen LogP contribution in [0.25, 0.3) is 11.0 Å². The fraction of sp³-hybridized carbons (Fsp3) is 0.375. The van der Waals surface area contributed by atoms with Gasteiger partial charge in [-0.05, 0) is 51.3 Å². The quantitative estimate of drug-likeness (QED) is 0.312. The Hall–Kier alpha value is -3.86. The van der Waals surface area contributed by atoms with Gasteiger partial charge in [-0.15, -0.1) is 0 Å². The molecule has 11 heteroatoms. The lowest BCUT2D eigenvalue weighted by molar-refractivity contribution is -0.00177. The molecule has 35 heavy (non-hydrogen) atoms. The summed E-state index contributed by atoms with van der Waals surface area (Å²) in [5.41, 5.74) is 5.94. The van der Waals surface area contributed by atoms with Crippen LogP contribution in [0, 0.1) is 0 Å². The maximum atomic E-state index is 14.1. The number of carbonyl (C=O) groups excluding carboxylic acids is 2. The van der Waals surface area contributed by atoms with Gasteiger partial charge in [0.25, 0.3) is 5.91 Å². The average molecular weight is 482 g/mol. The highest BCUT2D eigenvalue weighted by atomic mass is 19.1. The summed E-state index contributed by atoms with van der Waals surface area (Å²) in [6.07, 6.45) is 4.26. The summed E-state index contributed by atoms with van der Waals surface area (Å²) in [6, 6.07) is 6.96. The standard InChI is InChI=1S/C24H28FN7O3/c1-24(2,35)19(25)12-29-23(34)15-11-28-21(9-17(15)30-14-4-3-5-14)32-20-7-6-16-18(31-20)8-13(10-27-16)22(26)33/h6-11,14,19,35H,3-5,12H2,1-2H3,(H2,26,33)(H,29,34)(H2,28,30,31,32)/t19-/m1/s1. The lowest BCUT2D eigenvalue weighted by Gasteiger charge is -2.28. The van der Waals surface area contributed by atoms with E-state index in [1.54, 1.807) is 24.3 Å². The molecule has 0 aliphatic heterocycles. The van der Waals surface area contributed by atoms with E-state index in [4.69, 9.17) is 5.73 Å². The molecule has 0 radical (unpaired) electrons. The molecule has 3 aromatic rings. The van der Waals surface area contributed by atoms with E-state index in [0.29, 0.717) is 28.4 Å². The van der Waals surface area contributed by atoms with Gasteiger partial charge in [0.15, 0.2) is 0 Å². The zero-order valence-electron chi connectivity index (χ0n) is 19.5. The molecule has 2 amide bonds. The molecule has 1 aliphatic carbocycles. The van der Waals surface area contributed by atoms with E-state index in [9.17, 15) is 19.1 Å². The number of nitrogens with one attached hydrogen (secondary N) is 3. The van der Waals surface area contributed by atoms with Crippen LogP contribution in [0.5, 0.6) is 0 Å². The summed E-state index contributed by atoms with van der Waals surface area (Å²) in [7, 11) is 0. The van der Waals surface area contributed by atoms with Crippen molar-refractivity contribution in [2.75, 3.05) is 17.2 Å². The minimum atomic E-state index is -1.62. The molecule has 184 valence electrons. The monoisotopic (exact) mass is 481 g/mol. The van der Waals surface area contributed by atoms with Gasteiger partial charge in [-0.2, -0.15) is 0 Å². The number of aliphatic hydroxyl groups is 1. The second-order valence-corrected chi connectivity index (χ2v) is 9.17. The molecule has 1 atom stereocenters. The second kappa shape index (κ2) is 9.79. The van der Waals surface area contributed by atoms with Crippen LogP contribution in [-0.4, -0.2) is 56.2 Å². The van der Waals surface area contributed by atoms with E-state index in [2.05, 4.69) is 30.9 Å². The summed E-state index contributed by atoms with van der Waals surface area (Å²) in [4.78, 5) is 37.2. The van der Waals surface area contributed by atoms with Crippen molar-refractivity contribution < 1.29 is 19.1 Å². The summed E-state index contributed by atoms with van der Waals surface area (Å²) in [5.74, 6) is -0.185. The van der Waals surface area contributed by atoms with E-state index in [1.165, 1.54) is 26.2 Å². The molecular weight excluding hydrogens is 453 g/mol. The smallest absolute Gasteiger partial charge is 0.255 e. The SMILES string of the molecule is CC(C)(O)[C@H](F)CNC(=O)c1cnc(Nc2ccc3ncc(C(N)=O)cc3n2)cc1NC1CCC1. The molecule has 0 aromatic carbocycles. The first-order valence-electron chi connectivity index (χ1n) is 11.3. The molecule has 1 saturated carbocycles. The molecular formula is C24H28FN7O3. The van der Waals surface area contributed by atoms with Gasteiger partial charge in [0.2, 0.25) is 5.91 Å². The Bertz CT molecular complexity index is 1260. The molecule has 4 rings (SSSR count). The summed E-state index contributed by atoms with van der Waals surface area (Å²) in [5, 5.41) is 18.8. The van der Waals surface area contributed by atoms with E-state index < -0.39 is 23.6 Å². The number of hydrogen-bond donors (Lipinski definition) is 5. The van der Waals surface area contributed by atoms with Crippen molar-refractivity contribution in [3.8, 4) is 0 Å². The molecule has 0 saturated heterocycles. The predicted molar refractivity (Wildman–Crippen MR) is 130 cm³/mol. The van der Waals surface area contributed by atoms with Gasteiger partial charge in [0.05, 0.1) is 40.0 Å². The largest absolute Gasteiger partial charge is 0.387 e. The zero-order valence-corrected chi connectivity index (χ0v) is 19.5. The van der Waals surface area contributed by atoms with Gasteiger partial charge >= 0.3 is 0 Å². The first-order chi connectivity index (χ1) is 16.6. The van der Waals surface area contributed by atoms with E-state index in [0.717, 1.165) is 19.3 Å². The number of alkyl halides is 1. The van der Waals surface area contributed by atoms with Gasteiger partial charge in [-0.25, -0.2) is 14.4 Å². The number of hydrogen-bond acceptors (Lipinski definition) is 8.